The molecule has 1 aliphatic heterocycles. The van der Waals surface area contributed by atoms with Crippen molar-refractivity contribution in [1.82, 2.24) is 14.5 Å². The van der Waals surface area contributed by atoms with E-state index in [-0.39, 0.29) is 11.6 Å². The van der Waals surface area contributed by atoms with Crippen LogP contribution in [-0.4, -0.2) is 53.0 Å². The predicted molar refractivity (Wildman–Crippen MR) is 112 cm³/mol. The highest BCUT2D eigenvalue weighted by Crippen LogP contribution is 2.22. The monoisotopic (exact) mass is 392 g/mol. The lowest BCUT2D eigenvalue weighted by molar-refractivity contribution is 0.0925. The Bertz CT molecular complexity index is 990. The zero-order chi connectivity index (χ0) is 20.4. The van der Waals surface area contributed by atoms with Crippen LogP contribution in [0.1, 0.15) is 21.7 Å². The first-order valence-corrected chi connectivity index (χ1v) is 9.89. The van der Waals surface area contributed by atoms with Gasteiger partial charge in [0.2, 0.25) is 0 Å². The number of nitrogens with zero attached hydrogens (tertiary/aromatic N) is 4. The van der Waals surface area contributed by atoms with Crippen LogP contribution < -0.4 is 4.90 Å². The van der Waals surface area contributed by atoms with Crippen LogP contribution in [0.3, 0.4) is 0 Å². The van der Waals surface area contributed by atoms with Crippen LogP contribution in [0.2, 0.25) is 0 Å². The average molecular weight is 392 g/mol. The van der Waals surface area contributed by atoms with E-state index in [1.165, 1.54) is 12.1 Å². The number of anilines is 1. The van der Waals surface area contributed by atoms with E-state index in [4.69, 9.17) is 0 Å². The summed E-state index contributed by atoms with van der Waals surface area (Å²) in [5.41, 5.74) is 3.46. The van der Waals surface area contributed by atoms with E-state index in [0.29, 0.717) is 6.54 Å². The summed E-state index contributed by atoms with van der Waals surface area (Å²) in [6.07, 6.45) is 1.81. The van der Waals surface area contributed by atoms with Crippen LogP contribution in [0.15, 0.2) is 54.7 Å². The maximum atomic E-state index is 13.3. The Balaban J connectivity index is 1.43. The van der Waals surface area contributed by atoms with Crippen molar-refractivity contribution >= 4 is 11.6 Å². The molecule has 29 heavy (non-hydrogen) atoms. The second kappa shape index (κ2) is 8.17. The molecule has 0 unspecified atom stereocenters. The summed E-state index contributed by atoms with van der Waals surface area (Å²) < 4.78 is 15.3. The van der Waals surface area contributed by atoms with Crippen LogP contribution in [0.25, 0.3) is 5.69 Å². The molecule has 3 aromatic rings. The van der Waals surface area contributed by atoms with E-state index in [1.54, 1.807) is 12.1 Å². The number of hydrogen-bond acceptors (Lipinski definition) is 4. The van der Waals surface area contributed by atoms with E-state index in [0.717, 1.165) is 54.6 Å². The van der Waals surface area contributed by atoms with Crippen molar-refractivity contribution in [2.75, 3.05) is 37.6 Å². The smallest absolute Gasteiger partial charge is 0.178 e. The Kier molecular flexibility index (Phi) is 5.45. The van der Waals surface area contributed by atoms with Crippen molar-refractivity contribution in [3.63, 3.8) is 0 Å². The minimum atomic E-state index is -0.266. The standard InChI is InChI=1S/C23H25FN4O/c1-17-15-21(18(2)28(17)20-8-6-19(24)7-9-20)22(29)16-26-11-13-27(14-12-26)23-5-3-4-10-25-23/h3-10,15H,11-14,16H2,1-2H3. The molecule has 1 fully saturated rings. The molecule has 1 saturated heterocycles. The number of aromatic nitrogens is 2. The van der Waals surface area contributed by atoms with Crippen molar-refractivity contribution < 1.29 is 9.18 Å². The number of carbonyl (C=O) groups is 1. The summed E-state index contributed by atoms with van der Waals surface area (Å²) >= 11 is 0. The minimum Gasteiger partial charge on any atom is -0.354 e. The largest absolute Gasteiger partial charge is 0.354 e. The third-order valence-corrected chi connectivity index (χ3v) is 5.53. The van der Waals surface area contributed by atoms with Gasteiger partial charge in [-0.3, -0.25) is 9.69 Å². The van der Waals surface area contributed by atoms with E-state index < -0.39 is 0 Å². The van der Waals surface area contributed by atoms with Gasteiger partial charge in [0.25, 0.3) is 0 Å². The summed E-state index contributed by atoms with van der Waals surface area (Å²) in [5.74, 6) is 0.844. The Morgan fingerprint density at radius 2 is 1.76 bits per heavy atom. The second-order valence-corrected chi connectivity index (χ2v) is 7.47. The van der Waals surface area contributed by atoms with Crippen LogP contribution in [0.4, 0.5) is 10.2 Å². The highest BCUT2D eigenvalue weighted by atomic mass is 19.1. The fourth-order valence-electron chi connectivity index (χ4n) is 4.00. The molecule has 4 rings (SSSR count). The van der Waals surface area contributed by atoms with Gasteiger partial charge >= 0.3 is 0 Å². The third-order valence-electron chi connectivity index (χ3n) is 5.53. The molecule has 0 aliphatic carbocycles. The molecule has 2 aromatic heterocycles. The van der Waals surface area contributed by atoms with Gasteiger partial charge < -0.3 is 9.47 Å². The minimum absolute atomic E-state index is 0.123. The van der Waals surface area contributed by atoms with Gasteiger partial charge in [-0.2, -0.15) is 0 Å². The van der Waals surface area contributed by atoms with Gasteiger partial charge in [0.1, 0.15) is 11.6 Å². The predicted octanol–water partition coefficient (Wildman–Crippen LogP) is 3.63. The van der Waals surface area contributed by atoms with E-state index in [2.05, 4.69) is 14.8 Å². The number of rotatable bonds is 5. The van der Waals surface area contributed by atoms with E-state index >= 15 is 0 Å². The van der Waals surface area contributed by atoms with Crippen molar-refractivity contribution in [3.05, 3.63) is 77.5 Å². The molecule has 0 atom stereocenters. The van der Waals surface area contributed by atoms with Gasteiger partial charge in [-0.1, -0.05) is 6.07 Å². The number of ketones is 1. The lowest BCUT2D eigenvalue weighted by atomic mass is 10.1. The Labute approximate surface area is 170 Å². The second-order valence-electron chi connectivity index (χ2n) is 7.47. The SMILES string of the molecule is Cc1cc(C(=O)CN2CCN(c3ccccn3)CC2)c(C)n1-c1ccc(F)cc1. The molecule has 6 heteroatoms. The maximum absolute atomic E-state index is 13.3. The molecule has 0 amide bonds. The van der Waals surface area contributed by atoms with Gasteiger partial charge in [-0.25, -0.2) is 9.37 Å². The molecule has 0 N–H and O–H groups in total. The molecular weight excluding hydrogens is 367 g/mol. The van der Waals surface area contributed by atoms with Gasteiger partial charge in [-0.05, 0) is 56.3 Å². The number of aryl methyl sites for hydroxylation is 1. The summed E-state index contributed by atoms with van der Waals surface area (Å²) in [7, 11) is 0. The first-order valence-electron chi connectivity index (χ1n) is 9.89. The fraction of sp³-hybridized carbons (Fsp3) is 0.304. The molecule has 5 nitrogen and oxygen atoms in total. The van der Waals surface area contributed by atoms with E-state index in [9.17, 15) is 9.18 Å². The fourth-order valence-corrected chi connectivity index (χ4v) is 4.00. The maximum Gasteiger partial charge on any atom is 0.178 e. The van der Waals surface area contributed by atoms with Gasteiger partial charge in [-0.15, -0.1) is 0 Å². The Hall–Kier alpha value is -2.99. The molecule has 150 valence electrons. The summed E-state index contributed by atoms with van der Waals surface area (Å²) in [6.45, 7) is 7.71. The van der Waals surface area contributed by atoms with Crippen molar-refractivity contribution in [2.45, 2.75) is 13.8 Å². The average Bonchev–Trinajstić information content (AvgIpc) is 3.04. The van der Waals surface area contributed by atoms with Crippen LogP contribution in [0, 0.1) is 19.7 Å². The quantitative estimate of drug-likeness (QED) is 0.622. The van der Waals surface area contributed by atoms with Gasteiger partial charge in [0, 0.05) is 55.0 Å². The number of piperazine rings is 1. The summed E-state index contributed by atoms with van der Waals surface area (Å²) in [5, 5.41) is 0. The molecule has 0 saturated carbocycles. The van der Waals surface area contributed by atoms with Crippen molar-refractivity contribution in [2.24, 2.45) is 0 Å². The molecular formula is C23H25FN4O. The summed E-state index contributed by atoms with van der Waals surface area (Å²) in [6, 6.07) is 14.2. The molecule has 0 spiro atoms. The molecule has 0 radical (unpaired) electrons. The number of pyridine rings is 1. The lowest BCUT2D eigenvalue weighted by Gasteiger charge is -2.35. The number of halogens is 1. The van der Waals surface area contributed by atoms with Crippen molar-refractivity contribution in [1.29, 1.82) is 0 Å². The lowest BCUT2D eigenvalue weighted by Crippen LogP contribution is -2.48. The van der Waals surface area contributed by atoms with Crippen LogP contribution in [-0.2, 0) is 0 Å². The molecule has 1 aliphatic rings. The zero-order valence-electron chi connectivity index (χ0n) is 16.8. The van der Waals surface area contributed by atoms with Gasteiger partial charge in [0.05, 0.1) is 6.54 Å². The van der Waals surface area contributed by atoms with E-state index in [1.807, 2.05) is 48.9 Å². The zero-order valence-corrected chi connectivity index (χ0v) is 16.8. The molecule has 3 heterocycles. The highest BCUT2D eigenvalue weighted by molar-refractivity contribution is 5.99. The van der Waals surface area contributed by atoms with Gasteiger partial charge in [0.15, 0.2) is 5.78 Å². The summed E-state index contributed by atoms with van der Waals surface area (Å²) in [4.78, 5) is 21.9. The molecule has 0 bridgehead atoms. The number of benzene rings is 1. The third kappa shape index (κ3) is 4.07. The Morgan fingerprint density at radius 3 is 2.41 bits per heavy atom. The number of Topliss-reactive ketones (excluding diaryl/α,β-unsaturated/α-hetero) is 1. The first kappa shape index (κ1) is 19.3. The molecule has 1 aromatic carbocycles. The normalized spacial score (nSPS) is 14.9. The number of hydrogen-bond donors (Lipinski definition) is 0. The number of carbonyl (C=O) groups excluding carboxylic acids is 1. The van der Waals surface area contributed by atoms with Crippen LogP contribution >= 0.6 is 0 Å². The topological polar surface area (TPSA) is 41.4 Å². The Morgan fingerprint density at radius 1 is 1.03 bits per heavy atom. The van der Waals surface area contributed by atoms with Crippen LogP contribution in [0.5, 0.6) is 0 Å². The highest BCUT2D eigenvalue weighted by Gasteiger charge is 2.23. The first-order chi connectivity index (χ1) is 14.0. The van der Waals surface area contributed by atoms with Crippen molar-refractivity contribution in [3.8, 4) is 5.69 Å².